The largest absolute Gasteiger partial charge is 0.316 e. The van der Waals surface area contributed by atoms with E-state index in [0.29, 0.717) is 16.6 Å². The number of aromatic nitrogens is 1. The van der Waals surface area contributed by atoms with E-state index >= 15 is 0 Å². The molecule has 1 fully saturated rings. The molecule has 1 heterocycles. The van der Waals surface area contributed by atoms with Gasteiger partial charge in [0.05, 0.1) is 23.1 Å². The summed E-state index contributed by atoms with van der Waals surface area (Å²) in [5.41, 5.74) is 5.02. The van der Waals surface area contributed by atoms with Crippen LogP contribution in [0.1, 0.15) is 41.6 Å². The molecule has 2 nitrogen and oxygen atoms in total. The Labute approximate surface area is 202 Å². The fraction of sp³-hybridized carbons (Fsp3) is 0.222. The minimum atomic E-state index is -0.0416. The van der Waals surface area contributed by atoms with E-state index in [9.17, 15) is 0 Å². The third kappa shape index (κ3) is 4.17. The van der Waals surface area contributed by atoms with Crippen LogP contribution >= 0.6 is 34.5 Å². The highest BCUT2D eigenvalue weighted by atomic mass is 35.5. The van der Waals surface area contributed by atoms with E-state index < -0.39 is 0 Å². The number of hydrogen-bond donors (Lipinski definition) is 0. The van der Waals surface area contributed by atoms with Crippen molar-refractivity contribution >= 4 is 34.5 Å². The van der Waals surface area contributed by atoms with Gasteiger partial charge in [-0.05, 0) is 41.7 Å². The van der Waals surface area contributed by atoms with Crippen LogP contribution in [0.4, 0.5) is 0 Å². The molecule has 1 aliphatic rings. The molecule has 1 aromatic heterocycles. The van der Waals surface area contributed by atoms with Crippen LogP contribution < -0.4 is 4.80 Å². The molecular weight excluding hydrogens is 455 g/mol. The van der Waals surface area contributed by atoms with Gasteiger partial charge in [0.2, 0.25) is 0 Å². The Balaban J connectivity index is 1.61. The second kappa shape index (κ2) is 9.27. The molecule has 0 amide bonds. The first-order valence-electron chi connectivity index (χ1n) is 10.9. The van der Waals surface area contributed by atoms with Gasteiger partial charge in [-0.1, -0.05) is 96.4 Å². The molecule has 0 saturated heterocycles. The van der Waals surface area contributed by atoms with Crippen LogP contribution in [0.25, 0.3) is 0 Å². The van der Waals surface area contributed by atoms with Crippen LogP contribution in [0, 0.1) is 0 Å². The van der Waals surface area contributed by atoms with Crippen molar-refractivity contribution in [1.82, 2.24) is 4.57 Å². The van der Waals surface area contributed by atoms with Crippen molar-refractivity contribution < 1.29 is 0 Å². The molecule has 0 spiro atoms. The minimum Gasteiger partial charge on any atom is -0.316 e. The summed E-state index contributed by atoms with van der Waals surface area (Å²) in [4.78, 5) is 6.08. The maximum atomic E-state index is 6.43. The maximum Gasteiger partial charge on any atom is 0.185 e. The van der Waals surface area contributed by atoms with Gasteiger partial charge in [0.1, 0.15) is 0 Å². The zero-order valence-corrected chi connectivity index (χ0v) is 20.0. The fourth-order valence-electron chi connectivity index (χ4n) is 4.51. The van der Waals surface area contributed by atoms with Gasteiger partial charge in [0.25, 0.3) is 0 Å². The monoisotopic (exact) mass is 478 g/mol. The van der Waals surface area contributed by atoms with Crippen molar-refractivity contribution in [3.63, 3.8) is 0 Å². The van der Waals surface area contributed by atoms with E-state index in [1.54, 1.807) is 11.3 Å². The van der Waals surface area contributed by atoms with Crippen LogP contribution in [0.5, 0.6) is 0 Å². The zero-order chi connectivity index (χ0) is 22.0. The smallest absolute Gasteiger partial charge is 0.185 e. The fourth-order valence-corrected chi connectivity index (χ4v) is 5.81. The third-order valence-corrected chi connectivity index (χ3v) is 8.03. The first-order valence-corrected chi connectivity index (χ1v) is 12.5. The highest BCUT2D eigenvalue weighted by molar-refractivity contribution is 7.07. The second-order valence-corrected chi connectivity index (χ2v) is 9.99. The van der Waals surface area contributed by atoms with Crippen molar-refractivity contribution in [3.8, 4) is 0 Å². The molecule has 5 rings (SSSR count). The topological polar surface area (TPSA) is 17.3 Å². The molecule has 162 valence electrons. The lowest BCUT2D eigenvalue weighted by Crippen LogP contribution is -2.39. The summed E-state index contributed by atoms with van der Waals surface area (Å²) in [5, 5.41) is 3.52. The van der Waals surface area contributed by atoms with Crippen LogP contribution in [0.15, 0.2) is 89.2 Å². The molecule has 4 aromatic rings. The number of benzene rings is 3. The SMILES string of the molecule is Clc1ccc(C2(c3csc(=NCc4ccccc4)n3Cc3ccccc3)CCC2)cc1Cl. The molecule has 3 aromatic carbocycles. The molecule has 1 aliphatic carbocycles. The van der Waals surface area contributed by atoms with Crippen LogP contribution in [0.3, 0.4) is 0 Å². The molecule has 0 aliphatic heterocycles. The van der Waals surface area contributed by atoms with Crippen molar-refractivity contribution in [3.05, 3.63) is 121 Å². The summed E-state index contributed by atoms with van der Waals surface area (Å²) in [6.45, 7) is 1.48. The summed E-state index contributed by atoms with van der Waals surface area (Å²) in [6, 6.07) is 27.2. The van der Waals surface area contributed by atoms with E-state index in [-0.39, 0.29) is 5.41 Å². The van der Waals surface area contributed by atoms with Crippen molar-refractivity contribution in [2.45, 2.75) is 37.8 Å². The van der Waals surface area contributed by atoms with Gasteiger partial charge in [-0.3, -0.25) is 4.99 Å². The number of rotatable bonds is 6. The van der Waals surface area contributed by atoms with Crippen molar-refractivity contribution in [1.29, 1.82) is 0 Å². The Morgan fingerprint density at radius 3 is 2.16 bits per heavy atom. The summed E-state index contributed by atoms with van der Waals surface area (Å²) in [5.74, 6) is 0. The van der Waals surface area contributed by atoms with Crippen LogP contribution in [-0.2, 0) is 18.5 Å². The summed E-state index contributed by atoms with van der Waals surface area (Å²) >= 11 is 14.4. The van der Waals surface area contributed by atoms with E-state index in [0.717, 1.165) is 24.2 Å². The lowest BCUT2D eigenvalue weighted by Gasteiger charge is -2.43. The Kier molecular flexibility index (Phi) is 6.23. The van der Waals surface area contributed by atoms with Gasteiger partial charge in [0.15, 0.2) is 4.80 Å². The number of halogens is 2. The highest BCUT2D eigenvalue weighted by Crippen LogP contribution is 2.50. The van der Waals surface area contributed by atoms with Gasteiger partial charge in [-0.15, -0.1) is 11.3 Å². The summed E-state index contributed by atoms with van der Waals surface area (Å²) < 4.78 is 2.41. The summed E-state index contributed by atoms with van der Waals surface area (Å²) in [6.07, 6.45) is 3.42. The molecule has 0 atom stereocenters. The van der Waals surface area contributed by atoms with E-state index in [2.05, 4.69) is 70.6 Å². The van der Waals surface area contributed by atoms with E-state index in [4.69, 9.17) is 28.2 Å². The molecule has 0 radical (unpaired) electrons. The van der Waals surface area contributed by atoms with Crippen molar-refractivity contribution in [2.75, 3.05) is 0 Å². The third-order valence-electron chi connectivity index (χ3n) is 6.39. The predicted molar refractivity (Wildman–Crippen MR) is 135 cm³/mol. The van der Waals surface area contributed by atoms with Crippen LogP contribution in [0.2, 0.25) is 10.0 Å². The van der Waals surface area contributed by atoms with Gasteiger partial charge >= 0.3 is 0 Å². The van der Waals surface area contributed by atoms with E-state index in [1.165, 1.54) is 28.8 Å². The first-order chi connectivity index (χ1) is 15.7. The first kappa shape index (κ1) is 21.5. The zero-order valence-electron chi connectivity index (χ0n) is 17.7. The Morgan fingerprint density at radius 1 is 0.844 bits per heavy atom. The molecule has 0 unspecified atom stereocenters. The second-order valence-electron chi connectivity index (χ2n) is 8.34. The Bertz CT molecular complexity index is 1270. The molecule has 5 heteroatoms. The number of nitrogens with zero attached hydrogens (tertiary/aromatic N) is 2. The predicted octanol–water partition coefficient (Wildman–Crippen LogP) is 7.48. The van der Waals surface area contributed by atoms with Gasteiger partial charge in [-0.25, -0.2) is 0 Å². The number of thiazole rings is 1. The molecular formula is C27H24Cl2N2S. The standard InChI is InChI=1S/C27H24Cl2N2S/c28-23-13-12-22(16-24(23)29)27(14-7-15-27)25-19-32-26(30-17-20-8-3-1-4-9-20)31(25)18-21-10-5-2-6-11-21/h1-6,8-13,16,19H,7,14-15,17-18H2. The number of hydrogen-bond acceptors (Lipinski definition) is 2. The lowest BCUT2D eigenvalue weighted by atomic mass is 9.62. The van der Waals surface area contributed by atoms with Gasteiger partial charge in [0, 0.05) is 16.5 Å². The van der Waals surface area contributed by atoms with Gasteiger partial charge < -0.3 is 4.57 Å². The maximum absolute atomic E-state index is 6.43. The molecule has 32 heavy (non-hydrogen) atoms. The quantitative estimate of drug-likeness (QED) is 0.273. The minimum absolute atomic E-state index is 0.0416. The van der Waals surface area contributed by atoms with Crippen LogP contribution in [-0.4, -0.2) is 4.57 Å². The molecule has 0 bridgehead atoms. The lowest BCUT2D eigenvalue weighted by molar-refractivity contribution is 0.284. The van der Waals surface area contributed by atoms with Gasteiger partial charge in [-0.2, -0.15) is 0 Å². The normalized spacial score (nSPS) is 15.5. The summed E-state index contributed by atoms with van der Waals surface area (Å²) in [7, 11) is 0. The molecule has 1 saturated carbocycles. The van der Waals surface area contributed by atoms with Crippen molar-refractivity contribution in [2.24, 2.45) is 4.99 Å². The molecule has 0 N–H and O–H groups in total. The Morgan fingerprint density at radius 2 is 1.53 bits per heavy atom. The average molecular weight is 479 g/mol. The average Bonchev–Trinajstić information content (AvgIpc) is 3.18. The highest BCUT2D eigenvalue weighted by Gasteiger charge is 2.43. The Hall–Kier alpha value is -2.33. The van der Waals surface area contributed by atoms with E-state index in [1.807, 2.05) is 18.2 Å².